The van der Waals surface area contributed by atoms with Gasteiger partial charge in [-0.2, -0.15) is 4.31 Å². The number of hydrogen-bond donors (Lipinski definition) is 1. The fraction of sp³-hybridized carbons (Fsp3) is 0.500. The number of methoxy groups -OCH3 is 1. The maximum Gasteiger partial charge on any atom is 0.243 e. The van der Waals surface area contributed by atoms with Gasteiger partial charge in [0.05, 0.1) is 18.6 Å². The molecule has 2 aromatic rings. The van der Waals surface area contributed by atoms with Crippen molar-refractivity contribution >= 4 is 21.8 Å². The second-order valence-electron chi connectivity index (χ2n) is 9.71. The molecule has 1 unspecified atom stereocenters. The Morgan fingerprint density at radius 2 is 1.65 bits per heavy atom. The molecule has 0 aromatic heterocycles. The normalized spacial score (nSPS) is 15.3. The first-order valence-electron chi connectivity index (χ1n) is 12.9. The number of likely N-dealkylation sites (N-methyl/N-ethyl adjacent to an activating group) is 1. The molecule has 0 saturated heterocycles. The molecular weight excluding hydrogens is 490 g/mol. The highest BCUT2D eigenvalue weighted by atomic mass is 32.2. The van der Waals surface area contributed by atoms with Gasteiger partial charge >= 0.3 is 0 Å². The molecule has 37 heavy (non-hydrogen) atoms. The molecule has 202 valence electrons. The van der Waals surface area contributed by atoms with Crippen molar-refractivity contribution in [2.75, 3.05) is 20.7 Å². The zero-order valence-electron chi connectivity index (χ0n) is 22.3. The van der Waals surface area contributed by atoms with Crippen LogP contribution in [0, 0.1) is 6.92 Å². The number of nitrogens with one attached hydrogen (secondary N) is 1. The Morgan fingerprint density at radius 1 is 1.03 bits per heavy atom. The third kappa shape index (κ3) is 7.55. The minimum Gasteiger partial charge on any atom is -0.497 e. The summed E-state index contributed by atoms with van der Waals surface area (Å²) in [6.45, 7) is 3.55. The highest BCUT2D eigenvalue weighted by Crippen LogP contribution is 2.21. The summed E-state index contributed by atoms with van der Waals surface area (Å²) in [4.78, 5) is 28.6. The van der Waals surface area contributed by atoms with Gasteiger partial charge in [0, 0.05) is 19.6 Å². The van der Waals surface area contributed by atoms with E-state index in [1.54, 1.807) is 31.4 Å². The number of nitrogens with zero attached hydrogens (tertiary/aromatic N) is 2. The van der Waals surface area contributed by atoms with Crippen LogP contribution in [0.4, 0.5) is 0 Å². The Kier molecular flexibility index (Phi) is 10.1. The fourth-order valence-electron chi connectivity index (χ4n) is 4.65. The molecule has 8 nitrogen and oxygen atoms in total. The van der Waals surface area contributed by atoms with Gasteiger partial charge in [0.1, 0.15) is 11.8 Å². The summed E-state index contributed by atoms with van der Waals surface area (Å²) >= 11 is 0. The number of rotatable bonds is 11. The molecule has 0 bridgehead atoms. The van der Waals surface area contributed by atoms with Crippen molar-refractivity contribution in [1.82, 2.24) is 14.5 Å². The van der Waals surface area contributed by atoms with Gasteiger partial charge in [-0.3, -0.25) is 9.59 Å². The molecule has 1 aliphatic rings. The van der Waals surface area contributed by atoms with Gasteiger partial charge in [-0.1, -0.05) is 56.0 Å². The summed E-state index contributed by atoms with van der Waals surface area (Å²) in [5.74, 6) is 0.0626. The van der Waals surface area contributed by atoms with Crippen LogP contribution < -0.4 is 10.1 Å². The van der Waals surface area contributed by atoms with E-state index in [1.807, 2.05) is 26.0 Å². The van der Waals surface area contributed by atoms with Gasteiger partial charge in [-0.15, -0.1) is 0 Å². The van der Waals surface area contributed by atoms with E-state index in [2.05, 4.69) is 5.32 Å². The molecule has 0 aliphatic heterocycles. The summed E-state index contributed by atoms with van der Waals surface area (Å²) in [5.41, 5.74) is 1.76. The van der Waals surface area contributed by atoms with E-state index in [0.717, 1.165) is 41.1 Å². The van der Waals surface area contributed by atoms with Crippen molar-refractivity contribution in [3.63, 3.8) is 0 Å². The number of ether oxygens (including phenoxy) is 1. The van der Waals surface area contributed by atoms with Crippen molar-refractivity contribution in [1.29, 1.82) is 0 Å². The smallest absolute Gasteiger partial charge is 0.243 e. The Balaban J connectivity index is 1.83. The molecule has 1 atom stereocenters. The number of benzene rings is 2. The Hall–Kier alpha value is -2.91. The average molecular weight is 530 g/mol. The molecule has 0 spiro atoms. The third-order valence-corrected chi connectivity index (χ3v) is 8.75. The Morgan fingerprint density at radius 3 is 2.22 bits per heavy atom. The molecule has 9 heteroatoms. The third-order valence-electron chi connectivity index (χ3n) is 6.94. The molecule has 2 aromatic carbocycles. The zero-order chi connectivity index (χ0) is 27.0. The van der Waals surface area contributed by atoms with E-state index in [-0.39, 0.29) is 29.9 Å². The molecule has 3 rings (SSSR count). The van der Waals surface area contributed by atoms with Gasteiger partial charge in [0.25, 0.3) is 0 Å². The van der Waals surface area contributed by atoms with E-state index in [0.29, 0.717) is 12.2 Å². The fourth-order valence-corrected chi connectivity index (χ4v) is 5.77. The van der Waals surface area contributed by atoms with Crippen LogP contribution >= 0.6 is 0 Å². The second kappa shape index (κ2) is 13.1. The lowest BCUT2D eigenvalue weighted by molar-refractivity contribution is -0.141. The molecule has 1 saturated carbocycles. The van der Waals surface area contributed by atoms with Crippen LogP contribution in [0.15, 0.2) is 53.4 Å². The molecule has 1 fully saturated rings. The number of carbonyl (C=O) groups excluding carboxylic acids is 2. The number of carbonyl (C=O) groups is 2. The molecule has 0 heterocycles. The highest BCUT2D eigenvalue weighted by molar-refractivity contribution is 7.89. The van der Waals surface area contributed by atoms with Gasteiger partial charge < -0.3 is 15.0 Å². The van der Waals surface area contributed by atoms with Crippen molar-refractivity contribution < 1.29 is 22.7 Å². The van der Waals surface area contributed by atoms with E-state index >= 15 is 0 Å². The molecular formula is C28H39N3O5S. The maximum atomic E-state index is 13.6. The summed E-state index contributed by atoms with van der Waals surface area (Å²) in [6, 6.07) is 13.2. The summed E-state index contributed by atoms with van der Waals surface area (Å²) in [7, 11) is -0.901. The number of hydrogen-bond acceptors (Lipinski definition) is 5. The van der Waals surface area contributed by atoms with E-state index < -0.39 is 22.0 Å². The van der Waals surface area contributed by atoms with Gasteiger partial charge in [-0.25, -0.2) is 8.42 Å². The van der Waals surface area contributed by atoms with Crippen LogP contribution in [0.1, 0.15) is 56.6 Å². The average Bonchev–Trinajstić information content (AvgIpc) is 2.89. The van der Waals surface area contributed by atoms with Crippen molar-refractivity contribution in [3.05, 3.63) is 59.7 Å². The first-order chi connectivity index (χ1) is 17.6. The lowest BCUT2D eigenvalue weighted by Gasteiger charge is -2.33. The van der Waals surface area contributed by atoms with E-state index in [9.17, 15) is 18.0 Å². The van der Waals surface area contributed by atoms with Crippen LogP contribution in [-0.4, -0.2) is 62.2 Å². The summed E-state index contributed by atoms with van der Waals surface area (Å²) in [6.07, 6.45) is 5.62. The maximum absolute atomic E-state index is 13.6. The molecule has 0 radical (unpaired) electrons. The number of sulfonamides is 1. The summed E-state index contributed by atoms with van der Waals surface area (Å²) in [5, 5.41) is 3.14. The first-order valence-corrected chi connectivity index (χ1v) is 14.4. The Bertz CT molecular complexity index is 1140. The van der Waals surface area contributed by atoms with Crippen LogP contribution in [-0.2, 0) is 26.2 Å². The molecule has 1 N–H and O–H groups in total. The van der Waals surface area contributed by atoms with Crippen LogP contribution in [0.3, 0.4) is 0 Å². The predicted octanol–water partition coefficient (Wildman–Crippen LogP) is 3.88. The lowest BCUT2D eigenvalue weighted by Crippen LogP contribution is -2.53. The van der Waals surface area contributed by atoms with E-state index in [1.165, 1.54) is 30.5 Å². The van der Waals surface area contributed by atoms with Gasteiger partial charge in [0.15, 0.2) is 0 Å². The zero-order valence-corrected chi connectivity index (χ0v) is 23.1. The van der Waals surface area contributed by atoms with Crippen molar-refractivity contribution in [2.45, 2.75) is 75.9 Å². The minimum absolute atomic E-state index is 0.109. The first kappa shape index (κ1) is 28.7. The number of amides is 2. The van der Waals surface area contributed by atoms with Crippen LogP contribution in [0.25, 0.3) is 0 Å². The van der Waals surface area contributed by atoms with Crippen LogP contribution in [0.2, 0.25) is 0 Å². The van der Waals surface area contributed by atoms with E-state index in [4.69, 9.17) is 4.74 Å². The summed E-state index contributed by atoms with van der Waals surface area (Å²) < 4.78 is 32.5. The minimum atomic E-state index is -3.87. The quantitative estimate of drug-likeness (QED) is 0.477. The van der Waals surface area contributed by atoms with Gasteiger partial charge in [0.2, 0.25) is 21.8 Å². The van der Waals surface area contributed by atoms with Crippen LogP contribution in [0.5, 0.6) is 5.75 Å². The van der Waals surface area contributed by atoms with Gasteiger partial charge in [-0.05, 0) is 56.0 Å². The van der Waals surface area contributed by atoms with Crippen molar-refractivity contribution in [2.24, 2.45) is 0 Å². The lowest BCUT2D eigenvalue weighted by atomic mass is 9.95. The predicted molar refractivity (Wildman–Crippen MR) is 144 cm³/mol. The monoisotopic (exact) mass is 529 g/mol. The largest absolute Gasteiger partial charge is 0.497 e. The Labute approximate surface area is 221 Å². The number of aryl methyl sites for hydroxylation is 1. The molecule has 2 amide bonds. The topological polar surface area (TPSA) is 96.0 Å². The molecule has 1 aliphatic carbocycles. The SMILES string of the molecule is CCC(C(=O)NC1CCCCC1)N(Cc1ccc(OC)cc1)C(=O)CN(C)S(=O)(=O)c1ccc(C)cc1. The second-order valence-corrected chi connectivity index (χ2v) is 11.8. The highest BCUT2D eigenvalue weighted by Gasteiger charge is 2.32. The standard InChI is InChI=1S/C28H39N3O5S/c1-5-26(28(33)29-23-9-7-6-8-10-23)31(19-22-13-15-24(36-4)16-14-22)27(32)20-30(3)37(34,35)25-17-11-21(2)12-18-25/h11-18,23,26H,5-10,19-20H2,1-4H3,(H,29,33). The van der Waals surface area contributed by atoms with Crippen molar-refractivity contribution in [3.8, 4) is 5.75 Å².